The molecule has 0 amide bonds. The minimum Gasteiger partial charge on any atom is -0.399 e. The Bertz CT molecular complexity index is 492. The molecule has 0 saturated carbocycles. The van der Waals surface area contributed by atoms with E-state index in [0.717, 1.165) is 5.69 Å². The average molecular weight is 262 g/mol. The first-order chi connectivity index (χ1) is 9.15. The van der Waals surface area contributed by atoms with Crippen LogP contribution in [0.4, 0.5) is 11.4 Å². The molecule has 0 saturated heterocycles. The van der Waals surface area contributed by atoms with Crippen molar-refractivity contribution in [3.8, 4) is 0 Å². The number of hydrogen-bond donors (Lipinski definition) is 2. The summed E-state index contributed by atoms with van der Waals surface area (Å²) in [6.07, 6.45) is 1.83. The smallest absolute Gasteiger partial charge is 0.251 e. The highest BCUT2D eigenvalue weighted by Crippen LogP contribution is 2.14. The SMILES string of the molecule is CC.Nc1ccc(NC2=NCCC([N+](=O)[O-])=C2)cc1. The van der Waals surface area contributed by atoms with E-state index in [1.165, 1.54) is 6.08 Å². The summed E-state index contributed by atoms with van der Waals surface area (Å²) in [5.74, 6) is 0.507. The number of benzene rings is 1. The van der Waals surface area contributed by atoms with Gasteiger partial charge in [-0.15, -0.1) is 0 Å². The van der Waals surface area contributed by atoms with Crippen LogP contribution in [0.3, 0.4) is 0 Å². The molecule has 19 heavy (non-hydrogen) atoms. The lowest BCUT2D eigenvalue weighted by Crippen LogP contribution is -2.17. The van der Waals surface area contributed by atoms with Crippen molar-refractivity contribution in [3.05, 3.63) is 46.2 Å². The molecule has 1 aliphatic rings. The number of hydrogen-bond acceptors (Lipinski definition) is 5. The van der Waals surface area contributed by atoms with E-state index in [9.17, 15) is 10.1 Å². The van der Waals surface area contributed by atoms with Gasteiger partial charge in [0.2, 0.25) is 0 Å². The Balaban J connectivity index is 0.000000861. The Labute approximate surface area is 112 Å². The zero-order chi connectivity index (χ0) is 14.3. The number of aliphatic imine (C=N–C) groups is 1. The largest absolute Gasteiger partial charge is 0.399 e. The number of nitro groups is 1. The molecule has 0 fully saturated rings. The highest BCUT2D eigenvalue weighted by Gasteiger charge is 2.15. The topological polar surface area (TPSA) is 93.5 Å². The normalized spacial score (nSPS) is 13.6. The zero-order valence-corrected chi connectivity index (χ0v) is 11.1. The predicted octanol–water partition coefficient (Wildman–Crippen LogP) is 2.67. The Kier molecular flexibility index (Phi) is 5.53. The van der Waals surface area contributed by atoms with E-state index < -0.39 is 0 Å². The second-order valence-corrected chi connectivity index (χ2v) is 3.66. The molecule has 0 bridgehead atoms. The first kappa shape index (κ1) is 14.7. The lowest BCUT2D eigenvalue weighted by atomic mass is 10.2. The summed E-state index contributed by atoms with van der Waals surface area (Å²) in [5, 5.41) is 13.6. The summed E-state index contributed by atoms with van der Waals surface area (Å²) in [4.78, 5) is 14.4. The van der Waals surface area contributed by atoms with Crippen molar-refractivity contribution in [3.63, 3.8) is 0 Å². The fraction of sp³-hybridized carbons (Fsp3) is 0.308. The van der Waals surface area contributed by atoms with E-state index in [1.807, 2.05) is 13.8 Å². The van der Waals surface area contributed by atoms with Crippen LogP contribution in [-0.2, 0) is 0 Å². The number of nitrogens with two attached hydrogens (primary N) is 1. The third-order valence-corrected chi connectivity index (χ3v) is 2.37. The van der Waals surface area contributed by atoms with Gasteiger partial charge in [-0.25, -0.2) is 0 Å². The highest BCUT2D eigenvalue weighted by molar-refractivity contribution is 6.04. The van der Waals surface area contributed by atoms with E-state index >= 15 is 0 Å². The monoisotopic (exact) mass is 262 g/mol. The van der Waals surface area contributed by atoms with E-state index in [1.54, 1.807) is 24.3 Å². The molecule has 0 spiro atoms. The third-order valence-electron chi connectivity index (χ3n) is 2.37. The molecule has 2 rings (SSSR count). The molecule has 1 heterocycles. The van der Waals surface area contributed by atoms with Gasteiger partial charge in [-0.2, -0.15) is 0 Å². The molecule has 0 aromatic heterocycles. The van der Waals surface area contributed by atoms with Crippen LogP contribution in [0.15, 0.2) is 41.0 Å². The van der Waals surface area contributed by atoms with Gasteiger partial charge >= 0.3 is 0 Å². The van der Waals surface area contributed by atoms with Crippen LogP contribution in [0.5, 0.6) is 0 Å². The third kappa shape index (κ3) is 4.42. The fourth-order valence-electron chi connectivity index (χ4n) is 1.50. The lowest BCUT2D eigenvalue weighted by Gasteiger charge is -2.10. The van der Waals surface area contributed by atoms with Gasteiger partial charge in [-0.3, -0.25) is 15.1 Å². The summed E-state index contributed by atoms with van der Waals surface area (Å²) in [6.45, 7) is 4.43. The summed E-state index contributed by atoms with van der Waals surface area (Å²) < 4.78 is 0. The summed E-state index contributed by atoms with van der Waals surface area (Å²) >= 11 is 0. The molecule has 0 unspecified atom stereocenters. The maximum atomic E-state index is 10.6. The molecule has 0 radical (unpaired) electrons. The molecule has 3 N–H and O–H groups in total. The van der Waals surface area contributed by atoms with Crippen molar-refractivity contribution in [1.82, 2.24) is 0 Å². The van der Waals surface area contributed by atoms with Crippen LogP contribution in [-0.4, -0.2) is 17.3 Å². The standard InChI is InChI=1S/C11H12N4O2.C2H6/c12-8-1-3-9(4-2-8)14-11-7-10(15(16)17)5-6-13-11;1-2/h1-4,7H,5-6,12H2,(H,13,14);1-2H3. The summed E-state index contributed by atoms with van der Waals surface area (Å²) in [6, 6.07) is 7.10. The van der Waals surface area contributed by atoms with Crippen molar-refractivity contribution >= 4 is 17.2 Å². The molecule has 6 nitrogen and oxygen atoms in total. The van der Waals surface area contributed by atoms with Crippen LogP contribution in [0, 0.1) is 10.1 Å². The number of nitrogens with one attached hydrogen (secondary N) is 1. The summed E-state index contributed by atoms with van der Waals surface area (Å²) in [7, 11) is 0. The second kappa shape index (κ2) is 7.15. The van der Waals surface area contributed by atoms with Crippen molar-refractivity contribution in [2.75, 3.05) is 17.6 Å². The predicted molar refractivity (Wildman–Crippen MR) is 77.8 cm³/mol. The van der Waals surface area contributed by atoms with E-state index in [2.05, 4.69) is 10.3 Å². The molecule has 1 aliphatic heterocycles. The van der Waals surface area contributed by atoms with Crippen molar-refractivity contribution in [2.24, 2.45) is 4.99 Å². The minimum absolute atomic E-state index is 0.179. The Morgan fingerprint density at radius 2 is 1.95 bits per heavy atom. The van der Waals surface area contributed by atoms with Crippen LogP contribution in [0.25, 0.3) is 0 Å². The molecular weight excluding hydrogens is 244 g/mol. The van der Waals surface area contributed by atoms with Gasteiger partial charge < -0.3 is 11.1 Å². The van der Waals surface area contributed by atoms with E-state index in [4.69, 9.17) is 5.73 Å². The average Bonchev–Trinajstić information content (AvgIpc) is 2.44. The number of amidine groups is 1. The fourth-order valence-corrected chi connectivity index (χ4v) is 1.50. The lowest BCUT2D eigenvalue weighted by molar-refractivity contribution is -0.427. The molecule has 0 aliphatic carbocycles. The van der Waals surface area contributed by atoms with Crippen LogP contribution >= 0.6 is 0 Å². The van der Waals surface area contributed by atoms with Crippen LogP contribution < -0.4 is 11.1 Å². The number of nitrogens with zero attached hydrogens (tertiary/aromatic N) is 2. The molecule has 1 aromatic rings. The van der Waals surface area contributed by atoms with Gasteiger partial charge in [0.25, 0.3) is 5.70 Å². The zero-order valence-electron chi connectivity index (χ0n) is 11.1. The van der Waals surface area contributed by atoms with Gasteiger partial charge in [-0.05, 0) is 24.3 Å². The van der Waals surface area contributed by atoms with Gasteiger partial charge in [0.05, 0.1) is 24.0 Å². The van der Waals surface area contributed by atoms with Gasteiger partial charge in [-0.1, -0.05) is 13.8 Å². The van der Waals surface area contributed by atoms with Gasteiger partial charge in [0.1, 0.15) is 5.84 Å². The molecule has 1 aromatic carbocycles. The Morgan fingerprint density at radius 1 is 1.32 bits per heavy atom. The maximum Gasteiger partial charge on any atom is 0.251 e. The van der Waals surface area contributed by atoms with E-state index in [0.29, 0.717) is 24.5 Å². The molecular formula is C13H18N4O2. The maximum absolute atomic E-state index is 10.6. The number of dihydropyridines is 1. The van der Waals surface area contributed by atoms with Crippen molar-refractivity contribution < 1.29 is 4.92 Å². The number of anilines is 2. The highest BCUT2D eigenvalue weighted by atomic mass is 16.6. The van der Waals surface area contributed by atoms with E-state index in [-0.39, 0.29) is 10.6 Å². The van der Waals surface area contributed by atoms with Gasteiger partial charge in [0.15, 0.2) is 0 Å². The second-order valence-electron chi connectivity index (χ2n) is 3.66. The van der Waals surface area contributed by atoms with Crippen molar-refractivity contribution in [1.29, 1.82) is 0 Å². The summed E-state index contributed by atoms with van der Waals surface area (Å²) in [5.41, 5.74) is 7.21. The van der Waals surface area contributed by atoms with Crippen molar-refractivity contribution in [2.45, 2.75) is 20.3 Å². The quantitative estimate of drug-likeness (QED) is 0.486. The first-order valence-corrected chi connectivity index (χ1v) is 6.17. The van der Waals surface area contributed by atoms with Crippen LogP contribution in [0.2, 0.25) is 0 Å². The Hall–Kier alpha value is -2.37. The van der Waals surface area contributed by atoms with Gasteiger partial charge in [0, 0.05) is 11.4 Å². The van der Waals surface area contributed by atoms with Crippen LogP contribution in [0.1, 0.15) is 20.3 Å². The number of nitrogen functional groups attached to an aromatic ring is 1. The molecule has 102 valence electrons. The number of rotatable bonds is 2. The molecule has 6 heteroatoms. The Morgan fingerprint density at radius 3 is 2.53 bits per heavy atom. The molecule has 0 atom stereocenters. The first-order valence-electron chi connectivity index (χ1n) is 6.17. The minimum atomic E-state index is -0.376.